The maximum atomic E-state index is 12.6. The number of rotatable bonds is 6. The van der Waals surface area contributed by atoms with Crippen LogP contribution in [0.3, 0.4) is 0 Å². The molecule has 0 atom stereocenters. The molecule has 0 fully saturated rings. The predicted molar refractivity (Wildman–Crippen MR) is 115 cm³/mol. The minimum Gasteiger partial charge on any atom is -0.485 e. The lowest BCUT2D eigenvalue weighted by Crippen LogP contribution is -2.16. The maximum Gasteiger partial charge on any atom is 0.259 e. The van der Waals surface area contributed by atoms with Crippen molar-refractivity contribution in [3.63, 3.8) is 0 Å². The Morgan fingerprint density at radius 1 is 0.724 bits per heavy atom. The summed E-state index contributed by atoms with van der Waals surface area (Å²) in [4.78, 5) is 25.2. The van der Waals surface area contributed by atoms with E-state index in [4.69, 9.17) is 4.74 Å². The second kappa shape index (κ2) is 8.40. The molecule has 0 unspecified atom stereocenters. The van der Waals surface area contributed by atoms with Gasteiger partial charge in [-0.1, -0.05) is 66.7 Å². The van der Waals surface area contributed by atoms with Gasteiger partial charge in [-0.05, 0) is 41.1 Å². The molecule has 0 saturated heterocycles. The summed E-state index contributed by atoms with van der Waals surface area (Å²) in [7, 11) is 0. The van der Waals surface area contributed by atoms with Crippen LogP contribution in [-0.4, -0.2) is 18.3 Å². The molecular weight excluding hydrogens is 362 g/mol. The third kappa shape index (κ3) is 4.33. The van der Waals surface area contributed by atoms with Crippen molar-refractivity contribution >= 4 is 28.2 Å². The number of anilines is 1. The summed E-state index contributed by atoms with van der Waals surface area (Å²) in [5.74, 6) is -0.0611. The van der Waals surface area contributed by atoms with Crippen molar-refractivity contribution in [3.05, 3.63) is 108 Å². The molecule has 0 spiro atoms. The van der Waals surface area contributed by atoms with Gasteiger partial charge < -0.3 is 10.1 Å². The second-order valence-corrected chi connectivity index (χ2v) is 6.59. The van der Waals surface area contributed by atoms with E-state index in [1.807, 2.05) is 66.7 Å². The highest BCUT2D eigenvalue weighted by Crippen LogP contribution is 2.21. The lowest BCUT2D eigenvalue weighted by atomic mass is 10.0. The van der Waals surface area contributed by atoms with Crippen LogP contribution < -0.4 is 10.1 Å². The van der Waals surface area contributed by atoms with E-state index in [2.05, 4.69) is 5.32 Å². The molecular formula is C25H19NO3. The van der Waals surface area contributed by atoms with Crippen LogP contribution in [0.1, 0.15) is 20.7 Å². The topological polar surface area (TPSA) is 55.4 Å². The number of carbonyl (C=O) groups is 2. The van der Waals surface area contributed by atoms with Crippen molar-refractivity contribution < 1.29 is 14.3 Å². The van der Waals surface area contributed by atoms with Gasteiger partial charge in [0.1, 0.15) is 5.75 Å². The molecule has 0 aliphatic rings. The van der Waals surface area contributed by atoms with Crippen molar-refractivity contribution in [1.82, 2.24) is 0 Å². The van der Waals surface area contributed by atoms with Gasteiger partial charge in [0.25, 0.3) is 5.91 Å². The number of fused-ring (bicyclic) bond motifs is 1. The van der Waals surface area contributed by atoms with Crippen molar-refractivity contribution in [1.29, 1.82) is 0 Å². The molecule has 0 saturated carbocycles. The number of ketones is 1. The lowest BCUT2D eigenvalue weighted by molar-refractivity contribution is 0.0914. The molecule has 4 aromatic carbocycles. The molecule has 4 rings (SSSR count). The summed E-state index contributed by atoms with van der Waals surface area (Å²) >= 11 is 0. The molecule has 29 heavy (non-hydrogen) atoms. The Hall–Kier alpha value is -3.92. The van der Waals surface area contributed by atoms with Crippen LogP contribution in [-0.2, 0) is 0 Å². The van der Waals surface area contributed by atoms with Crippen LogP contribution >= 0.6 is 0 Å². The highest BCUT2D eigenvalue weighted by Gasteiger charge is 2.14. The van der Waals surface area contributed by atoms with E-state index in [1.54, 1.807) is 30.3 Å². The van der Waals surface area contributed by atoms with Gasteiger partial charge in [-0.25, -0.2) is 0 Å². The minimum atomic E-state index is -0.287. The number of nitrogens with one attached hydrogen (secondary N) is 1. The number of carbonyl (C=O) groups excluding carboxylic acids is 2. The summed E-state index contributed by atoms with van der Waals surface area (Å²) in [5, 5.41) is 4.91. The molecule has 0 heterocycles. The Morgan fingerprint density at radius 2 is 1.41 bits per heavy atom. The van der Waals surface area contributed by atoms with E-state index >= 15 is 0 Å². The molecule has 0 aliphatic heterocycles. The van der Waals surface area contributed by atoms with E-state index < -0.39 is 0 Å². The summed E-state index contributed by atoms with van der Waals surface area (Å²) in [6.45, 7) is -0.145. The van der Waals surface area contributed by atoms with E-state index in [0.29, 0.717) is 22.6 Å². The molecule has 142 valence electrons. The fraction of sp³-hybridized carbons (Fsp3) is 0.0400. The van der Waals surface area contributed by atoms with E-state index in [-0.39, 0.29) is 18.3 Å². The van der Waals surface area contributed by atoms with Gasteiger partial charge in [0.15, 0.2) is 12.4 Å². The summed E-state index contributed by atoms with van der Waals surface area (Å²) < 4.78 is 5.71. The van der Waals surface area contributed by atoms with E-state index in [1.165, 1.54) is 0 Å². The largest absolute Gasteiger partial charge is 0.485 e. The van der Waals surface area contributed by atoms with Crippen LogP contribution in [0.4, 0.5) is 5.69 Å². The lowest BCUT2D eigenvalue weighted by Gasteiger charge is -2.11. The third-order valence-corrected chi connectivity index (χ3v) is 4.59. The van der Waals surface area contributed by atoms with Gasteiger partial charge in [-0.3, -0.25) is 9.59 Å². The van der Waals surface area contributed by atoms with E-state index in [9.17, 15) is 9.59 Å². The zero-order valence-electron chi connectivity index (χ0n) is 15.7. The van der Waals surface area contributed by atoms with Crippen LogP contribution in [0.2, 0.25) is 0 Å². The number of hydrogen-bond acceptors (Lipinski definition) is 3. The van der Waals surface area contributed by atoms with Crippen LogP contribution in [0.25, 0.3) is 10.8 Å². The fourth-order valence-electron chi connectivity index (χ4n) is 3.09. The summed E-state index contributed by atoms with van der Waals surface area (Å²) in [5.41, 5.74) is 1.65. The molecule has 0 radical (unpaired) electrons. The van der Waals surface area contributed by atoms with Gasteiger partial charge in [0.2, 0.25) is 0 Å². The Kier molecular flexibility index (Phi) is 5.34. The zero-order valence-corrected chi connectivity index (χ0v) is 15.7. The highest BCUT2D eigenvalue weighted by molar-refractivity contribution is 6.06. The number of amides is 1. The number of ether oxygens (including phenoxy) is 1. The number of hydrogen-bond donors (Lipinski definition) is 1. The monoisotopic (exact) mass is 381 g/mol. The van der Waals surface area contributed by atoms with Crippen LogP contribution in [0.5, 0.6) is 5.75 Å². The Labute approximate surface area is 168 Å². The molecule has 4 nitrogen and oxygen atoms in total. The fourth-order valence-corrected chi connectivity index (χ4v) is 3.09. The maximum absolute atomic E-state index is 12.6. The highest BCUT2D eigenvalue weighted by atomic mass is 16.5. The standard InChI is InChI=1S/C25H19NO3/c27-23(20-15-14-18-8-4-5-9-19(18)16-20)17-29-24-13-7-6-12-22(24)25(28)26-21-10-2-1-3-11-21/h1-16H,17H2,(H,26,28). The first-order valence-electron chi connectivity index (χ1n) is 9.31. The zero-order chi connectivity index (χ0) is 20.1. The van der Waals surface area contributed by atoms with Gasteiger partial charge in [-0.2, -0.15) is 0 Å². The molecule has 0 aromatic heterocycles. The molecule has 4 aromatic rings. The van der Waals surface area contributed by atoms with Gasteiger partial charge in [-0.15, -0.1) is 0 Å². The Balaban J connectivity index is 1.48. The minimum absolute atomic E-state index is 0.144. The second-order valence-electron chi connectivity index (χ2n) is 6.59. The number of Topliss-reactive ketones (excluding diaryl/α,β-unsaturated/α-hetero) is 1. The number of benzene rings is 4. The molecule has 4 heteroatoms. The van der Waals surface area contributed by atoms with Gasteiger partial charge in [0.05, 0.1) is 5.56 Å². The van der Waals surface area contributed by atoms with E-state index in [0.717, 1.165) is 10.8 Å². The van der Waals surface area contributed by atoms with Crippen LogP contribution in [0.15, 0.2) is 97.1 Å². The Bertz CT molecular complexity index is 1170. The summed E-state index contributed by atoms with van der Waals surface area (Å²) in [6.07, 6.45) is 0. The first-order valence-corrected chi connectivity index (χ1v) is 9.31. The Morgan fingerprint density at radius 3 is 2.24 bits per heavy atom. The average Bonchev–Trinajstić information content (AvgIpc) is 2.78. The first kappa shape index (κ1) is 18.4. The molecule has 0 aliphatic carbocycles. The van der Waals surface area contributed by atoms with Crippen molar-refractivity contribution in [3.8, 4) is 5.75 Å². The molecule has 1 amide bonds. The quantitative estimate of drug-likeness (QED) is 0.458. The summed E-state index contributed by atoms with van der Waals surface area (Å²) in [6, 6.07) is 29.5. The SMILES string of the molecule is O=C(COc1ccccc1C(=O)Nc1ccccc1)c1ccc2ccccc2c1. The normalized spacial score (nSPS) is 10.5. The third-order valence-electron chi connectivity index (χ3n) is 4.59. The first-order chi connectivity index (χ1) is 14.2. The molecule has 1 N–H and O–H groups in total. The van der Waals surface area contributed by atoms with Crippen molar-refractivity contribution in [2.75, 3.05) is 11.9 Å². The van der Waals surface area contributed by atoms with Crippen LogP contribution in [0, 0.1) is 0 Å². The van der Waals surface area contributed by atoms with Gasteiger partial charge in [0, 0.05) is 11.3 Å². The number of para-hydroxylation sites is 2. The molecule has 0 bridgehead atoms. The van der Waals surface area contributed by atoms with Crippen molar-refractivity contribution in [2.24, 2.45) is 0 Å². The predicted octanol–water partition coefficient (Wildman–Crippen LogP) is 5.35. The van der Waals surface area contributed by atoms with Crippen molar-refractivity contribution in [2.45, 2.75) is 0 Å². The van der Waals surface area contributed by atoms with Gasteiger partial charge >= 0.3 is 0 Å². The smallest absolute Gasteiger partial charge is 0.259 e. The average molecular weight is 381 g/mol.